The second-order valence-electron chi connectivity index (χ2n) is 5.79. The standard InChI is InChI=1S/C15H25N3/c1-12(2)13-5-6-15(16-11-13)18-9-7-14(8-10-18)17(3)4/h5-6,11-12,14H,7-10H2,1-4H3. The first-order valence-corrected chi connectivity index (χ1v) is 6.95. The molecule has 0 bridgehead atoms. The van der Waals surface area contributed by atoms with Crippen molar-refractivity contribution in [2.45, 2.75) is 38.6 Å². The fourth-order valence-corrected chi connectivity index (χ4v) is 2.54. The maximum Gasteiger partial charge on any atom is 0.128 e. The van der Waals surface area contributed by atoms with E-state index in [0.29, 0.717) is 5.92 Å². The lowest BCUT2D eigenvalue weighted by Gasteiger charge is -2.35. The molecule has 0 atom stereocenters. The Kier molecular flexibility index (Phi) is 4.23. The van der Waals surface area contributed by atoms with Gasteiger partial charge in [-0.3, -0.25) is 0 Å². The van der Waals surface area contributed by atoms with E-state index in [-0.39, 0.29) is 0 Å². The van der Waals surface area contributed by atoms with Crippen LogP contribution in [-0.4, -0.2) is 43.1 Å². The lowest BCUT2D eigenvalue weighted by Crippen LogP contribution is -2.42. The minimum Gasteiger partial charge on any atom is -0.357 e. The van der Waals surface area contributed by atoms with E-state index in [9.17, 15) is 0 Å². The van der Waals surface area contributed by atoms with Crippen molar-refractivity contribution in [3.05, 3.63) is 23.9 Å². The Morgan fingerprint density at radius 1 is 1.22 bits per heavy atom. The third kappa shape index (κ3) is 3.02. The van der Waals surface area contributed by atoms with Crippen LogP contribution in [0.5, 0.6) is 0 Å². The van der Waals surface area contributed by atoms with Gasteiger partial charge in [0.05, 0.1) is 0 Å². The summed E-state index contributed by atoms with van der Waals surface area (Å²) < 4.78 is 0. The summed E-state index contributed by atoms with van der Waals surface area (Å²) in [6.07, 6.45) is 4.50. The first kappa shape index (κ1) is 13.3. The SMILES string of the molecule is CC(C)c1ccc(N2CCC(N(C)C)CC2)nc1. The Morgan fingerprint density at radius 2 is 1.89 bits per heavy atom. The van der Waals surface area contributed by atoms with Crippen LogP contribution >= 0.6 is 0 Å². The van der Waals surface area contributed by atoms with Gasteiger partial charge in [0.2, 0.25) is 0 Å². The van der Waals surface area contributed by atoms with Crippen molar-refractivity contribution in [3.8, 4) is 0 Å². The van der Waals surface area contributed by atoms with E-state index in [1.807, 2.05) is 6.20 Å². The number of pyridine rings is 1. The predicted octanol–water partition coefficient (Wildman–Crippen LogP) is 2.74. The Hall–Kier alpha value is -1.09. The Morgan fingerprint density at radius 3 is 2.33 bits per heavy atom. The predicted molar refractivity (Wildman–Crippen MR) is 77.2 cm³/mol. The molecule has 2 rings (SSSR count). The molecule has 0 spiro atoms. The van der Waals surface area contributed by atoms with Gasteiger partial charge in [-0.15, -0.1) is 0 Å². The first-order chi connectivity index (χ1) is 8.58. The summed E-state index contributed by atoms with van der Waals surface area (Å²) >= 11 is 0. The van der Waals surface area contributed by atoms with Gasteiger partial charge < -0.3 is 9.80 Å². The number of hydrogen-bond acceptors (Lipinski definition) is 3. The van der Waals surface area contributed by atoms with Crippen LogP contribution in [0.25, 0.3) is 0 Å². The highest BCUT2D eigenvalue weighted by atomic mass is 15.2. The molecule has 0 unspecified atom stereocenters. The van der Waals surface area contributed by atoms with E-state index >= 15 is 0 Å². The van der Waals surface area contributed by atoms with E-state index in [1.54, 1.807) is 0 Å². The van der Waals surface area contributed by atoms with Gasteiger partial charge in [0.15, 0.2) is 0 Å². The van der Waals surface area contributed by atoms with E-state index < -0.39 is 0 Å². The molecule has 18 heavy (non-hydrogen) atoms. The molecule has 0 amide bonds. The molecule has 0 saturated carbocycles. The molecule has 2 heterocycles. The summed E-state index contributed by atoms with van der Waals surface area (Å²) in [5.41, 5.74) is 1.32. The van der Waals surface area contributed by atoms with Gasteiger partial charge in [-0.1, -0.05) is 19.9 Å². The van der Waals surface area contributed by atoms with Crippen LogP contribution in [0.2, 0.25) is 0 Å². The second kappa shape index (κ2) is 5.70. The Bertz CT molecular complexity index is 362. The van der Waals surface area contributed by atoms with Crippen LogP contribution in [-0.2, 0) is 0 Å². The average molecular weight is 247 g/mol. The van der Waals surface area contributed by atoms with E-state index in [2.05, 4.69) is 54.9 Å². The van der Waals surface area contributed by atoms with Crippen molar-refractivity contribution in [2.24, 2.45) is 0 Å². The summed E-state index contributed by atoms with van der Waals surface area (Å²) in [4.78, 5) is 9.35. The second-order valence-corrected chi connectivity index (χ2v) is 5.79. The first-order valence-electron chi connectivity index (χ1n) is 6.95. The summed E-state index contributed by atoms with van der Waals surface area (Å²) in [5.74, 6) is 1.70. The van der Waals surface area contributed by atoms with Crippen LogP contribution in [0, 0.1) is 0 Å². The molecule has 1 aliphatic heterocycles. The minimum atomic E-state index is 0.561. The highest BCUT2D eigenvalue weighted by molar-refractivity contribution is 5.40. The lowest BCUT2D eigenvalue weighted by molar-refractivity contribution is 0.249. The zero-order valence-electron chi connectivity index (χ0n) is 12.1. The highest BCUT2D eigenvalue weighted by Gasteiger charge is 2.21. The molecule has 1 aromatic heterocycles. The van der Waals surface area contributed by atoms with Gasteiger partial charge in [-0.05, 0) is 44.5 Å². The minimum absolute atomic E-state index is 0.561. The largest absolute Gasteiger partial charge is 0.357 e. The quantitative estimate of drug-likeness (QED) is 0.818. The van der Waals surface area contributed by atoms with Crippen molar-refractivity contribution >= 4 is 5.82 Å². The van der Waals surface area contributed by atoms with Crippen LogP contribution in [0.15, 0.2) is 18.3 Å². The summed E-state index contributed by atoms with van der Waals surface area (Å²) in [6.45, 7) is 6.66. The van der Waals surface area contributed by atoms with E-state index in [0.717, 1.165) is 24.9 Å². The van der Waals surface area contributed by atoms with Crippen molar-refractivity contribution in [1.29, 1.82) is 0 Å². The molecule has 1 saturated heterocycles. The van der Waals surface area contributed by atoms with Gasteiger partial charge in [0.1, 0.15) is 5.82 Å². The van der Waals surface area contributed by atoms with Crippen molar-refractivity contribution in [1.82, 2.24) is 9.88 Å². The van der Waals surface area contributed by atoms with Crippen molar-refractivity contribution in [2.75, 3.05) is 32.1 Å². The van der Waals surface area contributed by atoms with Crippen LogP contribution in [0.3, 0.4) is 0 Å². The van der Waals surface area contributed by atoms with Crippen LogP contribution in [0.1, 0.15) is 38.2 Å². The average Bonchev–Trinajstić information content (AvgIpc) is 2.39. The molecule has 0 aromatic carbocycles. The van der Waals surface area contributed by atoms with Crippen molar-refractivity contribution in [3.63, 3.8) is 0 Å². The Labute approximate surface area is 111 Å². The summed E-state index contributed by atoms with van der Waals surface area (Å²) in [7, 11) is 4.35. The third-order valence-corrected chi connectivity index (χ3v) is 3.96. The molecule has 1 fully saturated rings. The molecule has 0 radical (unpaired) electrons. The van der Waals surface area contributed by atoms with Gasteiger partial charge in [-0.2, -0.15) is 0 Å². The smallest absolute Gasteiger partial charge is 0.128 e. The normalized spacial score (nSPS) is 17.8. The summed E-state index contributed by atoms with van der Waals surface area (Å²) in [5, 5.41) is 0. The topological polar surface area (TPSA) is 19.4 Å². The van der Waals surface area contributed by atoms with Gasteiger partial charge in [-0.25, -0.2) is 4.98 Å². The van der Waals surface area contributed by atoms with E-state index in [4.69, 9.17) is 0 Å². The molecule has 3 nitrogen and oxygen atoms in total. The van der Waals surface area contributed by atoms with Crippen LogP contribution < -0.4 is 4.90 Å². The lowest BCUT2D eigenvalue weighted by atomic mass is 10.0. The molecular weight excluding hydrogens is 222 g/mol. The number of aromatic nitrogens is 1. The molecule has 0 N–H and O–H groups in total. The molecule has 1 aliphatic rings. The number of rotatable bonds is 3. The molecule has 3 heteroatoms. The molecule has 1 aromatic rings. The summed E-state index contributed by atoms with van der Waals surface area (Å²) in [6, 6.07) is 5.12. The van der Waals surface area contributed by atoms with Gasteiger partial charge in [0, 0.05) is 25.3 Å². The third-order valence-electron chi connectivity index (χ3n) is 3.96. The maximum absolute atomic E-state index is 4.61. The van der Waals surface area contributed by atoms with Gasteiger partial charge >= 0.3 is 0 Å². The fourth-order valence-electron chi connectivity index (χ4n) is 2.54. The van der Waals surface area contributed by atoms with Gasteiger partial charge in [0.25, 0.3) is 0 Å². The maximum atomic E-state index is 4.61. The number of nitrogens with zero attached hydrogens (tertiary/aromatic N) is 3. The fraction of sp³-hybridized carbons (Fsp3) is 0.667. The molecule has 0 aliphatic carbocycles. The number of hydrogen-bond donors (Lipinski definition) is 0. The zero-order chi connectivity index (χ0) is 13.1. The Balaban J connectivity index is 1.97. The highest BCUT2D eigenvalue weighted by Crippen LogP contribution is 2.21. The molecule has 100 valence electrons. The zero-order valence-corrected chi connectivity index (χ0v) is 12.1. The van der Waals surface area contributed by atoms with E-state index in [1.165, 1.54) is 18.4 Å². The van der Waals surface area contributed by atoms with Crippen LogP contribution in [0.4, 0.5) is 5.82 Å². The van der Waals surface area contributed by atoms with Crippen molar-refractivity contribution < 1.29 is 0 Å². The number of piperidine rings is 1. The number of anilines is 1. The monoisotopic (exact) mass is 247 g/mol. The molecular formula is C15H25N3.